The Morgan fingerprint density at radius 3 is 2.45 bits per heavy atom. The number of nitrogens with zero attached hydrogens (tertiary/aromatic N) is 6. The van der Waals surface area contributed by atoms with E-state index < -0.39 is 0 Å². The second kappa shape index (κ2) is 9.07. The lowest BCUT2D eigenvalue weighted by Gasteiger charge is -2.09. The number of aromatic amines is 1. The number of rotatable bonds is 8. The molecule has 3 heterocycles. The largest absolute Gasteiger partial charge is 0.328 e. The van der Waals surface area contributed by atoms with E-state index in [0.717, 1.165) is 59.6 Å². The Balaban J connectivity index is 1.66. The smallest absolute Gasteiger partial charge is 0.296 e. The second-order valence-corrected chi connectivity index (χ2v) is 7.64. The molecule has 4 aromatic rings. The zero-order valence-corrected chi connectivity index (χ0v) is 18.2. The Kier molecular flexibility index (Phi) is 6.06. The van der Waals surface area contributed by atoms with Crippen molar-refractivity contribution >= 4 is 0 Å². The van der Waals surface area contributed by atoms with Gasteiger partial charge in [0.25, 0.3) is 0 Å². The molecule has 0 spiro atoms. The summed E-state index contributed by atoms with van der Waals surface area (Å²) in [6, 6.07) is 11.9. The van der Waals surface area contributed by atoms with E-state index >= 15 is 0 Å². The van der Waals surface area contributed by atoms with Crippen molar-refractivity contribution in [3.8, 4) is 22.6 Å². The van der Waals surface area contributed by atoms with E-state index in [1.165, 1.54) is 0 Å². The number of imidazole rings is 1. The fourth-order valence-electron chi connectivity index (χ4n) is 4.00. The van der Waals surface area contributed by atoms with Gasteiger partial charge in [-0.15, -0.1) is 10.2 Å². The van der Waals surface area contributed by atoms with Crippen molar-refractivity contribution in [3.63, 3.8) is 0 Å². The van der Waals surface area contributed by atoms with E-state index in [0.29, 0.717) is 12.4 Å². The van der Waals surface area contributed by atoms with Crippen LogP contribution in [0.3, 0.4) is 0 Å². The van der Waals surface area contributed by atoms with Gasteiger partial charge in [-0.25, -0.2) is 4.79 Å². The average Bonchev–Trinajstić information content (AvgIpc) is 3.40. The molecule has 0 fully saturated rings. The van der Waals surface area contributed by atoms with Crippen molar-refractivity contribution in [1.29, 1.82) is 0 Å². The van der Waals surface area contributed by atoms with Crippen LogP contribution in [-0.2, 0) is 19.5 Å². The SMILES string of the molecule is CCCc1c(C)n(CCC)c(=O)n1Cc1ccc(-c2ccccc2-c2nn[nH]n2)nc1. The molecule has 4 rings (SSSR count). The summed E-state index contributed by atoms with van der Waals surface area (Å²) >= 11 is 0. The Labute approximate surface area is 181 Å². The molecule has 1 aromatic carbocycles. The molecule has 0 unspecified atom stereocenters. The summed E-state index contributed by atoms with van der Waals surface area (Å²) in [5.41, 5.74) is 5.88. The summed E-state index contributed by atoms with van der Waals surface area (Å²) < 4.78 is 3.80. The van der Waals surface area contributed by atoms with Crippen molar-refractivity contribution in [2.24, 2.45) is 0 Å². The first-order chi connectivity index (χ1) is 15.1. The number of aromatic nitrogens is 7. The summed E-state index contributed by atoms with van der Waals surface area (Å²) in [7, 11) is 0. The molecule has 8 heteroatoms. The maximum Gasteiger partial charge on any atom is 0.328 e. The van der Waals surface area contributed by atoms with Crippen LogP contribution in [0.1, 0.15) is 43.6 Å². The van der Waals surface area contributed by atoms with Gasteiger partial charge in [-0.3, -0.25) is 14.1 Å². The van der Waals surface area contributed by atoms with Gasteiger partial charge in [-0.1, -0.05) is 50.6 Å². The molecule has 0 saturated heterocycles. The molecule has 31 heavy (non-hydrogen) atoms. The van der Waals surface area contributed by atoms with Gasteiger partial charge in [-0.05, 0) is 36.6 Å². The highest BCUT2D eigenvalue weighted by molar-refractivity contribution is 5.78. The molecule has 0 radical (unpaired) electrons. The van der Waals surface area contributed by atoms with Gasteiger partial charge < -0.3 is 0 Å². The van der Waals surface area contributed by atoms with Gasteiger partial charge in [0.2, 0.25) is 5.82 Å². The second-order valence-electron chi connectivity index (χ2n) is 7.64. The van der Waals surface area contributed by atoms with Gasteiger partial charge in [0.05, 0.1) is 12.2 Å². The van der Waals surface area contributed by atoms with E-state index in [1.54, 1.807) is 0 Å². The predicted octanol–water partition coefficient (Wildman–Crippen LogP) is 3.61. The lowest BCUT2D eigenvalue weighted by Crippen LogP contribution is -2.26. The molecule has 0 aliphatic rings. The van der Waals surface area contributed by atoms with Crippen LogP contribution >= 0.6 is 0 Å². The van der Waals surface area contributed by atoms with E-state index in [-0.39, 0.29) is 5.69 Å². The van der Waals surface area contributed by atoms with Crippen LogP contribution in [0.15, 0.2) is 47.4 Å². The predicted molar refractivity (Wildman–Crippen MR) is 120 cm³/mol. The summed E-state index contributed by atoms with van der Waals surface area (Å²) in [6.45, 7) is 7.55. The number of H-pyrrole nitrogens is 1. The zero-order valence-electron chi connectivity index (χ0n) is 18.2. The topological polar surface area (TPSA) is 94.3 Å². The quantitative estimate of drug-likeness (QED) is 0.473. The number of benzene rings is 1. The van der Waals surface area contributed by atoms with E-state index in [4.69, 9.17) is 0 Å². The van der Waals surface area contributed by atoms with Crippen LogP contribution < -0.4 is 5.69 Å². The summed E-state index contributed by atoms with van der Waals surface area (Å²) in [4.78, 5) is 17.7. The minimum absolute atomic E-state index is 0.0642. The summed E-state index contributed by atoms with van der Waals surface area (Å²) in [6.07, 6.45) is 4.67. The molecular formula is C23H27N7O. The van der Waals surface area contributed by atoms with Crippen molar-refractivity contribution in [3.05, 3.63) is 70.0 Å². The molecule has 0 bridgehead atoms. The fourth-order valence-corrected chi connectivity index (χ4v) is 4.00. The lowest BCUT2D eigenvalue weighted by atomic mass is 10.0. The fraction of sp³-hybridized carbons (Fsp3) is 0.348. The Bertz CT molecular complexity index is 1200. The third-order valence-corrected chi connectivity index (χ3v) is 5.50. The van der Waals surface area contributed by atoms with Crippen LogP contribution in [0.5, 0.6) is 0 Å². The first-order valence-electron chi connectivity index (χ1n) is 10.7. The molecule has 0 atom stereocenters. The Morgan fingerprint density at radius 2 is 1.81 bits per heavy atom. The van der Waals surface area contributed by atoms with Crippen molar-refractivity contribution in [1.82, 2.24) is 34.7 Å². The van der Waals surface area contributed by atoms with E-state index in [1.807, 2.05) is 51.7 Å². The Hall–Kier alpha value is -3.55. The van der Waals surface area contributed by atoms with Crippen molar-refractivity contribution < 1.29 is 0 Å². The van der Waals surface area contributed by atoms with Crippen LogP contribution in [0.25, 0.3) is 22.6 Å². The first-order valence-corrected chi connectivity index (χ1v) is 10.7. The third-order valence-electron chi connectivity index (χ3n) is 5.50. The van der Waals surface area contributed by atoms with Crippen LogP contribution in [0.4, 0.5) is 0 Å². The molecule has 160 valence electrons. The van der Waals surface area contributed by atoms with E-state index in [9.17, 15) is 4.79 Å². The molecule has 0 saturated carbocycles. The lowest BCUT2D eigenvalue weighted by molar-refractivity contribution is 0.611. The molecule has 0 aliphatic carbocycles. The maximum atomic E-state index is 13.0. The molecular weight excluding hydrogens is 390 g/mol. The molecule has 3 aromatic heterocycles. The van der Waals surface area contributed by atoms with Gasteiger partial charge in [0.15, 0.2) is 0 Å². The number of hydrogen-bond acceptors (Lipinski definition) is 5. The normalized spacial score (nSPS) is 11.2. The third kappa shape index (κ3) is 4.05. The maximum absolute atomic E-state index is 13.0. The van der Waals surface area contributed by atoms with Gasteiger partial charge in [0.1, 0.15) is 0 Å². The van der Waals surface area contributed by atoms with Crippen molar-refractivity contribution in [2.75, 3.05) is 0 Å². The van der Waals surface area contributed by atoms with Gasteiger partial charge in [0, 0.05) is 35.3 Å². The molecule has 0 amide bonds. The van der Waals surface area contributed by atoms with Crippen LogP contribution in [0, 0.1) is 6.92 Å². The minimum atomic E-state index is 0.0642. The Morgan fingerprint density at radius 1 is 1.00 bits per heavy atom. The van der Waals surface area contributed by atoms with Crippen LogP contribution in [-0.4, -0.2) is 34.7 Å². The number of pyridine rings is 1. The number of tetrazole rings is 1. The minimum Gasteiger partial charge on any atom is -0.296 e. The molecule has 8 nitrogen and oxygen atoms in total. The molecule has 0 aliphatic heterocycles. The van der Waals surface area contributed by atoms with Gasteiger partial charge in [-0.2, -0.15) is 5.21 Å². The van der Waals surface area contributed by atoms with Crippen molar-refractivity contribution in [2.45, 2.75) is 53.1 Å². The number of nitrogens with one attached hydrogen (secondary N) is 1. The first kappa shape index (κ1) is 20.7. The average molecular weight is 418 g/mol. The highest BCUT2D eigenvalue weighted by atomic mass is 16.1. The summed E-state index contributed by atoms with van der Waals surface area (Å²) in [5, 5.41) is 14.3. The highest BCUT2D eigenvalue weighted by Crippen LogP contribution is 2.28. The van der Waals surface area contributed by atoms with Crippen LogP contribution in [0.2, 0.25) is 0 Å². The highest BCUT2D eigenvalue weighted by Gasteiger charge is 2.16. The zero-order chi connectivity index (χ0) is 21.8. The molecule has 1 N–H and O–H groups in total. The van der Waals surface area contributed by atoms with E-state index in [2.05, 4.69) is 46.4 Å². The number of hydrogen-bond donors (Lipinski definition) is 1. The monoisotopic (exact) mass is 417 g/mol. The standard InChI is InChI=1S/C23H27N7O/c1-4-8-21-16(3)29(13-5-2)23(31)30(21)15-17-11-12-20(24-14-17)18-9-6-7-10-19(18)22-25-27-28-26-22/h6-7,9-12,14H,4-5,8,13,15H2,1-3H3,(H,25,26,27,28). The summed E-state index contributed by atoms with van der Waals surface area (Å²) in [5.74, 6) is 0.532. The van der Waals surface area contributed by atoms with Gasteiger partial charge >= 0.3 is 5.69 Å².